The lowest BCUT2D eigenvalue weighted by Gasteiger charge is -2.51. The maximum atomic E-state index is 11.1. The molecule has 0 amide bonds. The first-order chi connectivity index (χ1) is 6.27. The number of ketones is 1. The Morgan fingerprint density at radius 3 is 2.38 bits per heavy atom. The van der Waals surface area contributed by atoms with Crippen molar-refractivity contribution in [3.63, 3.8) is 0 Å². The van der Waals surface area contributed by atoms with Crippen molar-refractivity contribution in [3.8, 4) is 0 Å². The molecular weight excluding hydrogens is 164 g/mol. The van der Waals surface area contributed by atoms with Crippen LogP contribution in [0.5, 0.6) is 0 Å². The molecular formula is C10H18N2O. The van der Waals surface area contributed by atoms with Gasteiger partial charge in [-0.05, 0) is 6.42 Å². The van der Waals surface area contributed by atoms with Crippen LogP contribution in [0, 0.1) is 0 Å². The highest BCUT2D eigenvalue weighted by molar-refractivity contribution is 5.79. The summed E-state index contributed by atoms with van der Waals surface area (Å²) in [6, 6.07) is 0. The molecule has 2 aliphatic rings. The van der Waals surface area contributed by atoms with E-state index in [0.717, 1.165) is 39.0 Å². The summed E-state index contributed by atoms with van der Waals surface area (Å²) in [5.74, 6) is 0.440. The summed E-state index contributed by atoms with van der Waals surface area (Å²) in [4.78, 5) is 13.6. The number of nitrogens with one attached hydrogen (secondary N) is 1. The number of Topliss-reactive ketones (excluding diaryl/α,β-unsaturated/α-hetero) is 1. The van der Waals surface area contributed by atoms with Crippen LogP contribution in [0.1, 0.15) is 26.2 Å². The maximum Gasteiger partial charge on any atom is 0.135 e. The normalized spacial score (nSPS) is 28.5. The van der Waals surface area contributed by atoms with Gasteiger partial charge in [-0.2, -0.15) is 0 Å². The summed E-state index contributed by atoms with van der Waals surface area (Å²) >= 11 is 0. The van der Waals surface area contributed by atoms with E-state index in [-0.39, 0.29) is 0 Å². The predicted octanol–water partition coefficient (Wildman–Crippen LogP) is 0.403. The van der Waals surface area contributed by atoms with Crippen LogP contribution in [-0.2, 0) is 4.79 Å². The monoisotopic (exact) mass is 182 g/mol. The fraction of sp³-hybridized carbons (Fsp3) is 0.900. The molecule has 3 nitrogen and oxygen atoms in total. The average Bonchev–Trinajstić information content (AvgIpc) is 2.07. The SMILES string of the molecule is CCC1(N2CCC(=O)CC2)CNC1. The minimum Gasteiger partial charge on any atom is -0.313 e. The molecule has 0 saturated carbocycles. The first kappa shape index (κ1) is 9.16. The van der Waals surface area contributed by atoms with Gasteiger partial charge in [-0.25, -0.2) is 0 Å². The standard InChI is InChI=1S/C10H18N2O/c1-2-10(7-11-8-10)12-5-3-9(13)4-6-12/h11H,2-8H2,1H3. The van der Waals surface area contributed by atoms with E-state index in [2.05, 4.69) is 17.1 Å². The zero-order valence-corrected chi connectivity index (χ0v) is 8.31. The summed E-state index contributed by atoms with van der Waals surface area (Å²) in [7, 11) is 0. The number of hydrogen-bond donors (Lipinski definition) is 1. The number of nitrogens with zero attached hydrogens (tertiary/aromatic N) is 1. The van der Waals surface area contributed by atoms with Gasteiger partial charge < -0.3 is 5.32 Å². The van der Waals surface area contributed by atoms with E-state index >= 15 is 0 Å². The zero-order valence-electron chi connectivity index (χ0n) is 8.31. The molecule has 2 rings (SSSR count). The molecule has 0 atom stereocenters. The van der Waals surface area contributed by atoms with Crippen molar-refractivity contribution in [2.45, 2.75) is 31.7 Å². The first-order valence-electron chi connectivity index (χ1n) is 5.24. The van der Waals surface area contributed by atoms with Crippen LogP contribution >= 0.6 is 0 Å². The molecule has 0 aromatic heterocycles. The summed E-state index contributed by atoms with van der Waals surface area (Å²) in [6.07, 6.45) is 2.73. The Bertz CT molecular complexity index is 195. The Balaban J connectivity index is 1.96. The lowest BCUT2D eigenvalue weighted by atomic mass is 9.85. The molecule has 1 N–H and O–H groups in total. The molecule has 3 heteroatoms. The van der Waals surface area contributed by atoms with E-state index in [1.54, 1.807) is 0 Å². The van der Waals surface area contributed by atoms with Crippen LogP contribution in [0.3, 0.4) is 0 Å². The molecule has 0 aliphatic carbocycles. The molecule has 0 spiro atoms. The van der Waals surface area contributed by atoms with Gasteiger partial charge in [0, 0.05) is 44.6 Å². The van der Waals surface area contributed by atoms with Crippen LogP contribution in [0.4, 0.5) is 0 Å². The van der Waals surface area contributed by atoms with Gasteiger partial charge in [-0.3, -0.25) is 9.69 Å². The fourth-order valence-electron chi connectivity index (χ4n) is 2.34. The molecule has 2 heterocycles. The molecule has 0 unspecified atom stereocenters. The van der Waals surface area contributed by atoms with Crippen molar-refractivity contribution >= 4 is 5.78 Å². The van der Waals surface area contributed by atoms with Crippen LogP contribution in [0.2, 0.25) is 0 Å². The van der Waals surface area contributed by atoms with Crippen molar-refractivity contribution in [1.29, 1.82) is 0 Å². The van der Waals surface area contributed by atoms with Crippen molar-refractivity contribution < 1.29 is 4.79 Å². The quantitative estimate of drug-likeness (QED) is 0.671. The van der Waals surface area contributed by atoms with Crippen molar-refractivity contribution in [1.82, 2.24) is 10.2 Å². The highest BCUT2D eigenvalue weighted by atomic mass is 16.1. The fourth-order valence-corrected chi connectivity index (χ4v) is 2.34. The molecule has 0 bridgehead atoms. The number of piperidine rings is 1. The molecule has 2 saturated heterocycles. The van der Waals surface area contributed by atoms with Crippen LogP contribution in [0.25, 0.3) is 0 Å². The third-order valence-corrected chi connectivity index (χ3v) is 3.56. The van der Waals surface area contributed by atoms with E-state index < -0.39 is 0 Å². The molecule has 13 heavy (non-hydrogen) atoms. The molecule has 2 fully saturated rings. The third kappa shape index (κ3) is 1.51. The second-order valence-electron chi connectivity index (χ2n) is 4.21. The van der Waals surface area contributed by atoms with Gasteiger partial charge in [0.2, 0.25) is 0 Å². The molecule has 74 valence electrons. The van der Waals surface area contributed by atoms with Crippen molar-refractivity contribution in [3.05, 3.63) is 0 Å². The van der Waals surface area contributed by atoms with Crippen molar-refractivity contribution in [2.24, 2.45) is 0 Å². The number of rotatable bonds is 2. The maximum absolute atomic E-state index is 11.1. The van der Waals surface area contributed by atoms with Gasteiger partial charge in [0.05, 0.1) is 0 Å². The minimum absolute atomic E-state index is 0.390. The summed E-state index contributed by atoms with van der Waals surface area (Å²) in [6.45, 7) is 6.43. The van der Waals surface area contributed by atoms with E-state index in [1.807, 2.05) is 0 Å². The summed E-state index contributed by atoms with van der Waals surface area (Å²) in [5.41, 5.74) is 0.390. The van der Waals surface area contributed by atoms with Gasteiger partial charge in [0.1, 0.15) is 5.78 Å². The van der Waals surface area contributed by atoms with E-state index in [1.165, 1.54) is 6.42 Å². The lowest BCUT2D eigenvalue weighted by Crippen LogP contribution is -2.69. The van der Waals surface area contributed by atoms with E-state index in [0.29, 0.717) is 11.3 Å². The smallest absolute Gasteiger partial charge is 0.135 e. The van der Waals surface area contributed by atoms with Crippen LogP contribution < -0.4 is 5.32 Å². The second-order valence-corrected chi connectivity index (χ2v) is 4.21. The van der Waals surface area contributed by atoms with Gasteiger partial charge in [0.15, 0.2) is 0 Å². The van der Waals surface area contributed by atoms with Gasteiger partial charge in [-0.1, -0.05) is 6.92 Å². The molecule has 0 aromatic rings. The topological polar surface area (TPSA) is 32.3 Å². The largest absolute Gasteiger partial charge is 0.313 e. The Hall–Kier alpha value is -0.410. The minimum atomic E-state index is 0.390. The number of hydrogen-bond acceptors (Lipinski definition) is 3. The predicted molar refractivity (Wildman–Crippen MR) is 51.7 cm³/mol. The third-order valence-electron chi connectivity index (χ3n) is 3.56. The van der Waals surface area contributed by atoms with Gasteiger partial charge in [-0.15, -0.1) is 0 Å². The number of carbonyl (C=O) groups excluding carboxylic acids is 1. The summed E-state index contributed by atoms with van der Waals surface area (Å²) in [5, 5.41) is 3.33. The zero-order chi connectivity index (χ0) is 9.31. The Kier molecular flexibility index (Phi) is 2.39. The number of carbonyl (C=O) groups is 1. The van der Waals surface area contributed by atoms with E-state index in [9.17, 15) is 4.79 Å². The Morgan fingerprint density at radius 1 is 1.38 bits per heavy atom. The van der Waals surface area contributed by atoms with Gasteiger partial charge in [0.25, 0.3) is 0 Å². The summed E-state index contributed by atoms with van der Waals surface area (Å²) < 4.78 is 0. The van der Waals surface area contributed by atoms with E-state index in [4.69, 9.17) is 0 Å². The first-order valence-corrected chi connectivity index (χ1v) is 5.24. The lowest BCUT2D eigenvalue weighted by molar-refractivity contribution is -0.123. The second kappa shape index (κ2) is 3.39. The van der Waals surface area contributed by atoms with Crippen molar-refractivity contribution in [2.75, 3.05) is 26.2 Å². The molecule has 0 radical (unpaired) electrons. The highest BCUT2D eigenvalue weighted by Gasteiger charge is 2.41. The van der Waals surface area contributed by atoms with Crippen LogP contribution in [-0.4, -0.2) is 42.4 Å². The van der Waals surface area contributed by atoms with Crippen LogP contribution in [0.15, 0.2) is 0 Å². The Morgan fingerprint density at radius 2 is 2.00 bits per heavy atom. The van der Waals surface area contributed by atoms with Gasteiger partial charge >= 0.3 is 0 Å². The molecule has 2 aliphatic heterocycles. The molecule has 0 aromatic carbocycles. The average molecular weight is 182 g/mol. The highest BCUT2D eigenvalue weighted by Crippen LogP contribution is 2.26. The Labute approximate surface area is 79.5 Å². The number of likely N-dealkylation sites (tertiary alicyclic amines) is 1.